The van der Waals surface area contributed by atoms with Crippen LogP contribution in [0.5, 0.6) is 0 Å². The fraction of sp³-hybridized carbons (Fsp3) is 0.417. The van der Waals surface area contributed by atoms with Gasteiger partial charge in [-0.3, -0.25) is 14.2 Å². The van der Waals surface area contributed by atoms with Gasteiger partial charge in [0.1, 0.15) is 10.7 Å². The second kappa shape index (κ2) is 3.91. The van der Waals surface area contributed by atoms with Gasteiger partial charge in [0.25, 0.3) is 5.56 Å². The van der Waals surface area contributed by atoms with E-state index < -0.39 is 0 Å². The van der Waals surface area contributed by atoms with Crippen molar-refractivity contribution in [3.63, 3.8) is 0 Å². The van der Waals surface area contributed by atoms with Crippen molar-refractivity contribution in [1.29, 1.82) is 0 Å². The summed E-state index contributed by atoms with van der Waals surface area (Å²) < 4.78 is 2.11. The molecule has 94 valence electrons. The molecule has 0 saturated carbocycles. The molecule has 6 heteroatoms. The summed E-state index contributed by atoms with van der Waals surface area (Å²) in [4.78, 5) is 30.2. The first-order valence-corrected chi connectivity index (χ1v) is 6.67. The Morgan fingerprint density at radius 2 is 2.22 bits per heavy atom. The molecule has 2 aromatic heterocycles. The molecule has 2 aromatic rings. The highest BCUT2D eigenvalue weighted by atomic mass is 32.1. The zero-order valence-electron chi connectivity index (χ0n) is 10.2. The topological polar surface area (TPSA) is 55.2 Å². The third-order valence-corrected chi connectivity index (χ3v) is 4.49. The van der Waals surface area contributed by atoms with E-state index in [4.69, 9.17) is 0 Å². The quantitative estimate of drug-likeness (QED) is 0.776. The number of carbonyl (C=O) groups excluding carboxylic acids is 1. The summed E-state index contributed by atoms with van der Waals surface area (Å²) in [6.45, 7) is 2.63. The van der Waals surface area contributed by atoms with E-state index >= 15 is 0 Å². The lowest BCUT2D eigenvalue weighted by Gasteiger charge is -2.12. The number of aryl methyl sites for hydroxylation is 1. The third kappa shape index (κ3) is 1.49. The standard InChI is InChI=1S/C12H13N3O2S/c1-7-5-18-10-9(7)13-6-15(12(10)17)8-3-4-14(2)11(8)16/h5-6,8H,3-4H2,1-2H3. The van der Waals surface area contributed by atoms with Gasteiger partial charge in [-0.05, 0) is 24.3 Å². The Morgan fingerprint density at radius 3 is 2.89 bits per heavy atom. The largest absolute Gasteiger partial charge is 0.344 e. The first kappa shape index (κ1) is 11.4. The van der Waals surface area contributed by atoms with E-state index in [1.54, 1.807) is 11.9 Å². The van der Waals surface area contributed by atoms with Crippen molar-refractivity contribution >= 4 is 27.5 Å². The molecule has 18 heavy (non-hydrogen) atoms. The first-order valence-electron chi connectivity index (χ1n) is 5.79. The number of likely N-dealkylation sites (tertiary alicyclic amines) is 1. The third-order valence-electron chi connectivity index (χ3n) is 3.42. The van der Waals surface area contributed by atoms with E-state index in [0.29, 0.717) is 17.7 Å². The summed E-state index contributed by atoms with van der Waals surface area (Å²) in [5, 5.41) is 1.92. The number of fused-ring (bicyclic) bond motifs is 1. The molecule has 0 N–H and O–H groups in total. The van der Waals surface area contributed by atoms with Gasteiger partial charge in [-0.1, -0.05) is 0 Å². The molecule has 3 rings (SSSR count). The average molecular weight is 263 g/mol. The number of thiophene rings is 1. The van der Waals surface area contributed by atoms with Gasteiger partial charge in [0.15, 0.2) is 0 Å². The smallest absolute Gasteiger partial charge is 0.272 e. The van der Waals surface area contributed by atoms with Gasteiger partial charge in [-0.25, -0.2) is 4.98 Å². The molecule has 0 aromatic carbocycles. The maximum absolute atomic E-state index is 12.3. The van der Waals surface area contributed by atoms with Gasteiger partial charge in [0, 0.05) is 13.6 Å². The number of carbonyl (C=O) groups is 1. The molecule has 5 nitrogen and oxygen atoms in total. The van der Waals surface area contributed by atoms with E-state index in [1.807, 2.05) is 12.3 Å². The zero-order valence-corrected chi connectivity index (χ0v) is 11.0. The van der Waals surface area contributed by atoms with E-state index in [2.05, 4.69) is 4.98 Å². The maximum Gasteiger partial charge on any atom is 0.272 e. The molecular weight excluding hydrogens is 250 g/mol. The van der Waals surface area contributed by atoms with Crippen molar-refractivity contribution in [3.8, 4) is 0 Å². The number of aromatic nitrogens is 2. The molecule has 1 aliphatic heterocycles. The van der Waals surface area contributed by atoms with Crippen molar-refractivity contribution in [1.82, 2.24) is 14.5 Å². The second-order valence-electron chi connectivity index (χ2n) is 4.62. The second-order valence-corrected chi connectivity index (χ2v) is 5.50. The normalized spacial score (nSPS) is 20.0. The van der Waals surface area contributed by atoms with Crippen LogP contribution >= 0.6 is 11.3 Å². The summed E-state index contributed by atoms with van der Waals surface area (Å²) in [5.41, 5.74) is 1.65. The summed E-state index contributed by atoms with van der Waals surface area (Å²) >= 11 is 1.39. The molecule has 0 bridgehead atoms. The number of likely N-dealkylation sites (N-methyl/N-ethyl adjacent to an activating group) is 1. The van der Waals surface area contributed by atoms with Gasteiger partial charge in [-0.2, -0.15) is 0 Å². The van der Waals surface area contributed by atoms with Gasteiger partial charge in [0.2, 0.25) is 5.91 Å². The van der Waals surface area contributed by atoms with Crippen LogP contribution in [0.1, 0.15) is 18.0 Å². The summed E-state index contributed by atoms with van der Waals surface area (Å²) in [6.07, 6.45) is 2.18. The molecule has 1 saturated heterocycles. The van der Waals surface area contributed by atoms with Gasteiger partial charge in [0.05, 0.1) is 11.8 Å². The Balaban J connectivity index is 2.16. The molecule has 1 unspecified atom stereocenters. The minimum absolute atomic E-state index is 0.00784. The highest BCUT2D eigenvalue weighted by Gasteiger charge is 2.31. The summed E-state index contributed by atoms with van der Waals surface area (Å²) in [5.74, 6) is -0.00784. The van der Waals surface area contributed by atoms with Crippen LogP contribution < -0.4 is 5.56 Å². The number of hydrogen-bond donors (Lipinski definition) is 0. The van der Waals surface area contributed by atoms with Crippen LogP contribution in [0.4, 0.5) is 0 Å². The molecule has 1 atom stereocenters. The van der Waals surface area contributed by atoms with Gasteiger partial charge >= 0.3 is 0 Å². The van der Waals surface area contributed by atoms with Crippen molar-refractivity contribution in [2.75, 3.05) is 13.6 Å². The highest BCUT2D eigenvalue weighted by molar-refractivity contribution is 7.17. The van der Waals surface area contributed by atoms with E-state index in [-0.39, 0.29) is 17.5 Å². The van der Waals surface area contributed by atoms with E-state index in [0.717, 1.165) is 11.1 Å². The van der Waals surface area contributed by atoms with Crippen LogP contribution in [-0.2, 0) is 4.79 Å². The van der Waals surface area contributed by atoms with Crippen molar-refractivity contribution in [3.05, 3.63) is 27.6 Å². The lowest BCUT2D eigenvalue weighted by Crippen LogP contribution is -2.30. The molecule has 0 aliphatic carbocycles. The predicted octanol–water partition coefficient (Wildman–Crippen LogP) is 1.17. The number of amides is 1. The van der Waals surface area contributed by atoms with Crippen LogP contribution in [0.2, 0.25) is 0 Å². The lowest BCUT2D eigenvalue weighted by molar-refractivity contribution is -0.129. The van der Waals surface area contributed by atoms with Crippen LogP contribution in [0, 0.1) is 6.92 Å². The molecule has 0 spiro atoms. The van der Waals surface area contributed by atoms with Crippen molar-refractivity contribution in [2.24, 2.45) is 0 Å². The summed E-state index contributed by atoms with van der Waals surface area (Å²) in [6, 6.07) is -0.387. The Labute approximate surface area is 108 Å². The van der Waals surface area contributed by atoms with Crippen LogP contribution in [0.15, 0.2) is 16.5 Å². The lowest BCUT2D eigenvalue weighted by atomic mass is 10.2. The predicted molar refractivity (Wildman–Crippen MR) is 69.9 cm³/mol. The summed E-state index contributed by atoms with van der Waals surface area (Å²) in [7, 11) is 1.76. The van der Waals surface area contributed by atoms with E-state index in [1.165, 1.54) is 22.2 Å². The van der Waals surface area contributed by atoms with Crippen molar-refractivity contribution in [2.45, 2.75) is 19.4 Å². The molecule has 1 aliphatic rings. The Kier molecular flexibility index (Phi) is 2.48. The fourth-order valence-electron chi connectivity index (χ4n) is 2.32. The van der Waals surface area contributed by atoms with Crippen LogP contribution in [-0.4, -0.2) is 34.0 Å². The number of hydrogen-bond acceptors (Lipinski definition) is 4. The fourth-order valence-corrected chi connectivity index (χ4v) is 3.26. The highest BCUT2D eigenvalue weighted by Crippen LogP contribution is 2.23. The maximum atomic E-state index is 12.3. The minimum atomic E-state index is -0.387. The Hall–Kier alpha value is -1.69. The molecule has 1 fully saturated rings. The van der Waals surface area contributed by atoms with Gasteiger partial charge in [-0.15, -0.1) is 11.3 Å². The monoisotopic (exact) mass is 263 g/mol. The van der Waals surface area contributed by atoms with E-state index in [9.17, 15) is 9.59 Å². The molecule has 1 amide bonds. The van der Waals surface area contributed by atoms with Crippen LogP contribution in [0.3, 0.4) is 0 Å². The molecule has 0 radical (unpaired) electrons. The number of rotatable bonds is 1. The SMILES string of the molecule is Cc1csc2c(=O)n(C3CCN(C)C3=O)cnc12. The minimum Gasteiger partial charge on any atom is -0.344 e. The zero-order chi connectivity index (χ0) is 12.9. The van der Waals surface area contributed by atoms with Crippen molar-refractivity contribution < 1.29 is 4.79 Å². The first-order chi connectivity index (χ1) is 8.59. The number of nitrogens with zero attached hydrogens (tertiary/aromatic N) is 3. The van der Waals surface area contributed by atoms with Gasteiger partial charge < -0.3 is 4.90 Å². The molecule has 3 heterocycles. The van der Waals surface area contributed by atoms with Crippen LogP contribution in [0.25, 0.3) is 10.2 Å². The molecular formula is C12H13N3O2S. The Bertz CT molecular complexity index is 688. The Morgan fingerprint density at radius 1 is 1.44 bits per heavy atom. The average Bonchev–Trinajstić information content (AvgIpc) is 2.88.